The third-order valence-corrected chi connectivity index (χ3v) is 6.84. The summed E-state index contributed by atoms with van der Waals surface area (Å²) >= 11 is 0. The van der Waals surface area contributed by atoms with Crippen molar-refractivity contribution in [1.29, 1.82) is 0 Å². The summed E-state index contributed by atoms with van der Waals surface area (Å²) < 4.78 is 0. The van der Waals surface area contributed by atoms with Gasteiger partial charge in [-0.05, 0) is 32.2 Å². The Balaban J connectivity index is 3.33. The molecule has 0 bridgehead atoms. The van der Waals surface area contributed by atoms with Crippen LogP contribution in [0.4, 0.5) is 0 Å². The second kappa shape index (κ2) is 26.5. The summed E-state index contributed by atoms with van der Waals surface area (Å²) in [5.41, 5.74) is 5.44. The van der Waals surface area contributed by atoms with Crippen LogP contribution >= 0.6 is 0 Å². The van der Waals surface area contributed by atoms with E-state index in [2.05, 4.69) is 12.2 Å². The number of unbranched alkanes of at least 4 members (excludes halogenated alkanes) is 20. The second-order valence-corrected chi connectivity index (χ2v) is 10.2. The molecular weight excluding hydrogens is 424 g/mol. The number of nitrogens with one attached hydrogen (secondary N) is 1. The Morgan fingerprint density at radius 1 is 0.618 bits per heavy atom. The number of carboxylic acid groups (broad SMARTS) is 1. The highest BCUT2D eigenvalue weighted by Gasteiger charge is 2.18. The number of aliphatic carboxylic acids is 1. The first-order valence-electron chi connectivity index (χ1n) is 14.8. The van der Waals surface area contributed by atoms with Gasteiger partial charge in [-0.3, -0.25) is 4.79 Å². The van der Waals surface area contributed by atoms with E-state index in [9.17, 15) is 14.7 Å². The lowest BCUT2D eigenvalue weighted by Gasteiger charge is -2.14. The van der Waals surface area contributed by atoms with E-state index in [0.29, 0.717) is 19.4 Å². The van der Waals surface area contributed by atoms with Gasteiger partial charge in [-0.2, -0.15) is 0 Å². The molecule has 202 valence electrons. The van der Waals surface area contributed by atoms with Gasteiger partial charge in [0.2, 0.25) is 5.91 Å². The van der Waals surface area contributed by atoms with Crippen LogP contribution in [0, 0.1) is 0 Å². The maximum atomic E-state index is 12.0. The average Bonchev–Trinajstić information content (AvgIpc) is 2.82. The van der Waals surface area contributed by atoms with Gasteiger partial charge < -0.3 is 16.2 Å². The van der Waals surface area contributed by atoms with Crippen LogP contribution in [0.1, 0.15) is 161 Å². The van der Waals surface area contributed by atoms with Crippen LogP contribution in [0.2, 0.25) is 0 Å². The van der Waals surface area contributed by atoms with E-state index in [0.717, 1.165) is 25.7 Å². The lowest BCUT2D eigenvalue weighted by Crippen LogP contribution is -2.40. The summed E-state index contributed by atoms with van der Waals surface area (Å²) in [5, 5.41) is 11.9. The summed E-state index contributed by atoms with van der Waals surface area (Å²) in [6, 6.07) is -0.774. The molecule has 34 heavy (non-hydrogen) atoms. The largest absolute Gasteiger partial charge is 0.480 e. The van der Waals surface area contributed by atoms with Gasteiger partial charge in [0.15, 0.2) is 0 Å². The fourth-order valence-electron chi connectivity index (χ4n) is 4.56. The highest BCUT2D eigenvalue weighted by Crippen LogP contribution is 2.15. The van der Waals surface area contributed by atoms with E-state index in [1.807, 2.05) is 0 Å². The topological polar surface area (TPSA) is 92.4 Å². The monoisotopic (exact) mass is 482 g/mol. The van der Waals surface area contributed by atoms with Crippen LogP contribution in [-0.2, 0) is 9.59 Å². The molecule has 5 nitrogen and oxygen atoms in total. The Labute approximate surface area is 211 Å². The highest BCUT2D eigenvalue weighted by molar-refractivity contribution is 5.83. The van der Waals surface area contributed by atoms with E-state index in [1.54, 1.807) is 0 Å². The molecule has 0 aliphatic heterocycles. The summed E-state index contributed by atoms with van der Waals surface area (Å²) in [6.45, 7) is 2.84. The van der Waals surface area contributed by atoms with Crippen molar-refractivity contribution >= 4 is 11.9 Å². The molecule has 1 atom stereocenters. The van der Waals surface area contributed by atoms with Crippen LogP contribution in [0.25, 0.3) is 0 Å². The summed E-state index contributed by atoms with van der Waals surface area (Å²) in [6.07, 6.45) is 29.2. The zero-order valence-corrected chi connectivity index (χ0v) is 22.6. The van der Waals surface area contributed by atoms with Crippen molar-refractivity contribution in [2.24, 2.45) is 5.73 Å². The molecule has 0 unspecified atom stereocenters. The van der Waals surface area contributed by atoms with Gasteiger partial charge in [-0.15, -0.1) is 0 Å². The van der Waals surface area contributed by atoms with Crippen molar-refractivity contribution in [3.05, 3.63) is 0 Å². The van der Waals surface area contributed by atoms with Crippen molar-refractivity contribution in [1.82, 2.24) is 5.32 Å². The fraction of sp³-hybridized carbons (Fsp3) is 0.931. The molecule has 0 fully saturated rings. The van der Waals surface area contributed by atoms with Crippen LogP contribution in [-0.4, -0.2) is 29.6 Å². The molecule has 1 amide bonds. The number of rotatable bonds is 27. The Hall–Kier alpha value is -1.10. The fourth-order valence-corrected chi connectivity index (χ4v) is 4.56. The number of hydrogen-bond acceptors (Lipinski definition) is 3. The Kier molecular flexibility index (Phi) is 25.6. The lowest BCUT2D eigenvalue weighted by atomic mass is 10.0. The predicted octanol–water partition coefficient (Wildman–Crippen LogP) is 7.90. The summed E-state index contributed by atoms with van der Waals surface area (Å²) in [7, 11) is 0. The molecule has 0 heterocycles. The van der Waals surface area contributed by atoms with Gasteiger partial charge in [0.1, 0.15) is 6.04 Å². The lowest BCUT2D eigenvalue weighted by molar-refractivity contribution is -0.142. The molecule has 0 aromatic rings. The van der Waals surface area contributed by atoms with Crippen molar-refractivity contribution in [3.63, 3.8) is 0 Å². The van der Waals surface area contributed by atoms with Crippen molar-refractivity contribution in [2.75, 3.05) is 6.54 Å². The Morgan fingerprint density at radius 2 is 1.00 bits per heavy atom. The van der Waals surface area contributed by atoms with Gasteiger partial charge in [-0.1, -0.05) is 129 Å². The van der Waals surface area contributed by atoms with Gasteiger partial charge >= 0.3 is 5.97 Å². The predicted molar refractivity (Wildman–Crippen MR) is 145 cm³/mol. The molecule has 0 saturated heterocycles. The third-order valence-electron chi connectivity index (χ3n) is 6.84. The van der Waals surface area contributed by atoms with Crippen LogP contribution < -0.4 is 11.1 Å². The number of nitrogens with two attached hydrogens (primary N) is 1. The van der Waals surface area contributed by atoms with Gasteiger partial charge in [0.05, 0.1) is 0 Å². The first-order chi connectivity index (χ1) is 16.6. The van der Waals surface area contributed by atoms with Crippen molar-refractivity contribution < 1.29 is 14.7 Å². The van der Waals surface area contributed by atoms with E-state index < -0.39 is 12.0 Å². The quantitative estimate of drug-likeness (QED) is 0.104. The molecule has 0 radical (unpaired) electrons. The summed E-state index contributed by atoms with van der Waals surface area (Å²) in [4.78, 5) is 23.2. The van der Waals surface area contributed by atoms with Crippen molar-refractivity contribution in [2.45, 2.75) is 167 Å². The molecule has 0 saturated carbocycles. The zero-order valence-electron chi connectivity index (χ0n) is 22.6. The molecule has 0 rings (SSSR count). The minimum Gasteiger partial charge on any atom is -0.480 e. The zero-order chi connectivity index (χ0) is 25.1. The Bertz CT molecular complexity index is 457. The molecule has 0 aromatic heterocycles. The smallest absolute Gasteiger partial charge is 0.326 e. The molecule has 0 aliphatic rings. The first-order valence-corrected chi connectivity index (χ1v) is 14.8. The summed E-state index contributed by atoms with van der Waals surface area (Å²) in [5.74, 6) is -1.09. The second-order valence-electron chi connectivity index (χ2n) is 10.2. The van der Waals surface area contributed by atoms with Crippen molar-refractivity contribution in [3.8, 4) is 0 Å². The van der Waals surface area contributed by atoms with Crippen LogP contribution in [0.5, 0.6) is 0 Å². The van der Waals surface area contributed by atoms with E-state index in [4.69, 9.17) is 5.73 Å². The number of carboxylic acids is 1. The molecular formula is C29H58N2O3. The molecule has 0 aromatic carbocycles. The number of hydrogen-bond donors (Lipinski definition) is 3. The third kappa shape index (κ3) is 24.0. The van der Waals surface area contributed by atoms with E-state index in [-0.39, 0.29) is 5.91 Å². The van der Waals surface area contributed by atoms with Crippen LogP contribution in [0.15, 0.2) is 0 Å². The number of amides is 1. The Morgan fingerprint density at radius 3 is 1.35 bits per heavy atom. The molecule has 0 aliphatic carbocycles. The molecule has 0 spiro atoms. The van der Waals surface area contributed by atoms with E-state index in [1.165, 1.54) is 116 Å². The van der Waals surface area contributed by atoms with Gasteiger partial charge in [-0.25, -0.2) is 4.79 Å². The normalized spacial score (nSPS) is 12.1. The highest BCUT2D eigenvalue weighted by atomic mass is 16.4. The molecule has 5 heteroatoms. The maximum absolute atomic E-state index is 12.0. The minimum atomic E-state index is -0.950. The van der Waals surface area contributed by atoms with Gasteiger partial charge in [0.25, 0.3) is 0 Å². The first kappa shape index (κ1) is 32.9. The standard InChI is InChI=1S/C29H58N2O3/c1-2-3-4-5-6-7-8-9-10-11-12-13-14-15-16-17-18-19-20-21-25-28(32)31-27(29(33)34)24-22-23-26-30/h27H,2-26,30H2,1H3,(H,31,32)(H,33,34)/t27-/m0/s1. The number of carbonyl (C=O) groups is 2. The van der Waals surface area contributed by atoms with Gasteiger partial charge in [0, 0.05) is 6.42 Å². The minimum absolute atomic E-state index is 0.137. The van der Waals surface area contributed by atoms with Crippen LogP contribution in [0.3, 0.4) is 0 Å². The average molecular weight is 483 g/mol. The molecule has 4 N–H and O–H groups in total. The SMILES string of the molecule is CCCCCCCCCCCCCCCCCCCCCCC(=O)N[C@@H](CCCCN)C(=O)O. The van der Waals surface area contributed by atoms with E-state index >= 15 is 0 Å². The number of carbonyl (C=O) groups excluding carboxylic acids is 1. The maximum Gasteiger partial charge on any atom is 0.326 e.